The Bertz CT molecular complexity index is 822. The first-order chi connectivity index (χ1) is 11.0. The number of carboxylic acid groups (broad SMARTS) is 1. The van der Waals surface area contributed by atoms with Gasteiger partial charge in [0.1, 0.15) is 0 Å². The van der Waals surface area contributed by atoms with E-state index < -0.39 is 5.97 Å². The van der Waals surface area contributed by atoms with Gasteiger partial charge in [-0.15, -0.1) is 11.3 Å². The number of carbonyl (C=O) groups excluding carboxylic acids is 2. The molecule has 1 heterocycles. The normalized spacial score (nSPS) is 13.2. The summed E-state index contributed by atoms with van der Waals surface area (Å²) in [6.45, 7) is 0. The van der Waals surface area contributed by atoms with Crippen molar-refractivity contribution in [2.24, 2.45) is 0 Å². The molecule has 0 saturated carbocycles. The number of thiophene rings is 1. The van der Waals surface area contributed by atoms with Crippen molar-refractivity contribution in [2.45, 2.75) is 25.7 Å². The van der Waals surface area contributed by atoms with Crippen LogP contribution in [-0.4, -0.2) is 22.6 Å². The predicted molar refractivity (Wildman–Crippen MR) is 87.8 cm³/mol. The molecule has 6 heteroatoms. The number of hydrogen-bond acceptors (Lipinski definition) is 4. The minimum atomic E-state index is -1.00. The Morgan fingerprint density at radius 3 is 2.65 bits per heavy atom. The average molecular weight is 349 g/mol. The number of hydrogen-bond donors (Lipinski definition) is 1. The Hall–Kier alpha value is -1.98. The van der Waals surface area contributed by atoms with Crippen LogP contribution in [0.2, 0.25) is 5.02 Å². The summed E-state index contributed by atoms with van der Waals surface area (Å²) < 4.78 is 0. The van der Waals surface area contributed by atoms with Gasteiger partial charge in [0.05, 0.1) is 11.3 Å². The molecule has 1 aliphatic rings. The molecule has 0 radical (unpaired) electrons. The fourth-order valence-corrected chi connectivity index (χ4v) is 3.95. The zero-order valence-electron chi connectivity index (χ0n) is 12.1. The van der Waals surface area contributed by atoms with E-state index in [9.17, 15) is 14.4 Å². The smallest absolute Gasteiger partial charge is 0.303 e. The summed E-state index contributed by atoms with van der Waals surface area (Å²) in [7, 11) is 0. The molecule has 0 aliphatic heterocycles. The summed E-state index contributed by atoms with van der Waals surface area (Å²) in [5.74, 6) is -1.36. The van der Waals surface area contributed by atoms with Crippen molar-refractivity contribution >= 4 is 40.5 Å². The number of aliphatic carboxylic acids is 1. The lowest BCUT2D eigenvalue weighted by Crippen LogP contribution is -2.04. The van der Waals surface area contributed by atoms with Gasteiger partial charge in [0.2, 0.25) is 0 Å². The lowest BCUT2D eigenvalue weighted by Gasteiger charge is -2.04. The van der Waals surface area contributed by atoms with Gasteiger partial charge in [-0.25, -0.2) is 0 Å². The van der Waals surface area contributed by atoms with Crippen LogP contribution in [0.25, 0.3) is 0 Å². The molecule has 0 unspecified atom stereocenters. The van der Waals surface area contributed by atoms with Crippen LogP contribution < -0.4 is 0 Å². The van der Waals surface area contributed by atoms with Gasteiger partial charge < -0.3 is 5.11 Å². The molecular weight excluding hydrogens is 336 g/mol. The zero-order chi connectivity index (χ0) is 16.6. The highest BCUT2D eigenvalue weighted by atomic mass is 35.5. The third kappa shape index (κ3) is 3.21. The molecule has 0 saturated heterocycles. The molecule has 1 aliphatic carbocycles. The Balaban J connectivity index is 1.93. The third-order valence-electron chi connectivity index (χ3n) is 3.83. The molecule has 23 heavy (non-hydrogen) atoms. The van der Waals surface area contributed by atoms with Crippen LogP contribution >= 0.6 is 22.9 Å². The van der Waals surface area contributed by atoms with Gasteiger partial charge in [0, 0.05) is 27.4 Å². The Morgan fingerprint density at radius 1 is 1.13 bits per heavy atom. The Labute approximate surface area is 141 Å². The van der Waals surface area contributed by atoms with Gasteiger partial charge in [-0.05, 0) is 36.6 Å². The minimum Gasteiger partial charge on any atom is -0.481 e. The first-order valence-corrected chi connectivity index (χ1v) is 8.36. The first kappa shape index (κ1) is 15.9. The molecule has 4 nitrogen and oxygen atoms in total. The molecule has 0 atom stereocenters. The molecule has 1 aromatic heterocycles. The highest BCUT2D eigenvalue weighted by Gasteiger charge is 2.25. The quantitative estimate of drug-likeness (QED) is 0.853. The Kier molecular flexibility index (Phi) is 4.33. The van der Waals surface area contributed by atoms with Crippen molar-refractivity contribution in [3.8, 4) is 0 Å². The number of benzene rings is 1. The molecular formula is C17H13ClO4S. The monoisotopic (exact) mass is 348 g/mol. The van der Waals surface area contributed by atoms with Crippen molar-refractivity contribution in [2.75, 3.05) is 0 Å². The summed E-state index contributed by atoms with van der Waals surface area (Å²) in [6, 6.07) is 6.90. The number of rotatable bonds is 4. The molecule has 3 rings (SSSR count). The largest absolute Gasteiger partial charge is 0.481 e. The lowest BCUT2D eigenvalue weighted by molar-refractivity contribution is -0.136. The van der Waals surface area contributed by atoms with Crippen molar-refractivity contribution in [3.63, 3.8) is 0 Å². The Morgan fingerprint density at radius 2 is 1.91 bits per heavy atom. The predicted octanol–water partition coefficient (Wildman–Crippen LogP) is 3.78. The molecule has 0 spiro atoms. The second kappa shape index (κ2) is 6.26. The van der Waals surface area contributed by atoms with Crippen LogP contribution in [0.5, 0.6) is 0 Å². The topological polar surface area (TPSA) is 71.4 Å². The SMILES string of the molecule is O=C(O)CCC(=O)c1cc2c(s1)CCc1ccc(Cl)cc1C2=O. The van der Waals surface area contributed by atoms with Crippen LogP contribution in [0.3, 0.4) is 0 Å². The lowest BCUT2D eigenvalue weighted by atomic mass is 10.0. The molecule has 118 valence electrons. The van der Waals surface area contributed by atoms with Crippen LogP contribution in [-0.2, 0) is 17.6 Å². The molecule has 0 bridgehead atoms. The number of Topliss-reactive ketones (excluding diaryl/α,β-unsaturated/α-hetero) is 1. The van der Waals surface area contributed by atoms with Gasteiger partial charge in [-0.1, -0.05) is 17.7 Å². The maximum absolute atomic E-state index is 12.7. The first-order valence-electron chi connectivity index (χ1n) is 7.16. The van der Waals surface area contributed by atoms with E-state index in [-0.39, 0.29) is 24.4 Å². The molecule has 1 aromatic carbocycles. The second-order valence-electron chi connectivity index (χ2n) is 5.40. The van der Waals surface area contributed by atoms with Gasteiger partial charge >= 0.3 is 5.97 Å². The molecule has 1 N–H and O–H groups in total. The maximum Gasteiger partial charge on any atom is 0.303 e. The van der Waals surface area contributed by atoms with E-state index >= 15 is 0 Å². The number of ketones is 2. The standard InChI is InChI=1S/C17H13ClO4S/c18-10-3-1-9-2-5-14-12(17(22)11(9)7-10)8-15(23-14)13(19)4-6-16(20)21/h1,3,7-8H,2,4-6H2,(H,20,21). The van der Waals surface area contributed by atoms with Crippen molar-refractivity contribution in [1.82, 2.24) is 0 Å². The van der Waals surface area contributed by atoms with E-state index in [1.807, 2.05) is 6.07 Å². The second-order valence-corrected chi connectivity index (χ2v) is 6.97. The average Bonchev–Trinajstić information content (AvgIpc) is 2.90. The summed E-state index contributed by atoms with van der Waals surface area (Å²) in [4.78, 5) is 36.7. The van der Waals surface area contributed by atoms with E-state index in [1.165, 1.54) is 11.3 Å². The minimum absolute atomic E-state index is 0.0503. The van der Waals surface area contributed by atoms with Crippen LogP contribution in [0, 0.1) is 0 Å². The van der Waals surface area contributed by atoms with E-state index in [4.69, 9.17) is 16.7 Å². The highest BCUT2D eigenvalue weighted by Crippen LogP contribution is 2.32. The fraction of sp³-hybridized carbons (Fsp3) is 0.235. The van der Waals surface area contributed by atoms with Gasteiger partial charge in [-0.3, -0.25) is 14.4 Å². The number of carboxylic acids is 1. The number of halogens is 1. The van der Waals surface area contributed by atoms with Gasteiger partial charge in [0.25, 0.3) is 0 Å². The van der Waals surface area contributed by atoms with Crippen LogP contribution in [0.15, 0.2) is 24.3 Å². The molecule has 2 aromatic rings. The van der Waals surface area contributed by atoms with E-state index in [0.717, 1.165) is 10.4 Å². The van der Waals surface area contributed by atoms with Crippen molar-refractivity contribution in [1.29, 1.82) is 0 Å². The summed E-state index contributed by atoms with van der Waals surface area (Å²) in [6.07, 6.45) is 1.15. The van der Waals surface area contributed by atoms with E-state index in [1.54, 1.807) is 18.2 Å². The van der Waals surface area contributed by atoms with E-state index in [2.05, 4.69) is 0 Å². The van der Waals surface area contributed by atoms with Gasteiger partial charge in [0.15, 0.2) is 11.6 Å². The highest BCUT2D eigenvalue weighted by molar-refractivity contribution is 7.14. The zero-order valence-corrected chi connectivity index (χ0v) is 13.7. The van der Waals surface area contributed by atoms with E-state index in [0.29, 0.717) is 33.9 Å². The summed E-state index contributed by atoms with van der Waals surface area (Å²) in [5, 5.41) is 9.18. The number of aryl methyl sites for hydroxylation is 2. The van der Waals surface area contributed by atoms with Crippen LogP contribution in [0.4, 0.5) is 0 Å². The fourth-order valence-electron chi connectivity index (χ4n) is 2.66. The third-order valence-corrected chi connectivity index (χ3v) is 5.30. The summed E-state index contributed by atoms with van der Waals surface area (Å²) in [5.41, 5.74) is 2.08. The number of carbonyl (C=O) groups is 3. The van der Waals surface area contributed by atoms with Crippen LogP contribution in [0.1, 0.15) is 48.9 Å². The number of fused-ring (bicyclic) bond motifs is 2. The molecule has 0 amide bonds. The molecule has 0 fully saturated rings. The van der Waals surface area contributed by atoms with Gasteiger partial charge in [-0.2, -0.15) is 0 Å². The van der Waals surface area contributed by atoms with Crippen molar-refractivity contribution < 1.29 is 19.5 Å². The maximum atomic E-state index is 12.7. The van der Waals surface area contributed by atoms with Crippen molar-refractivity contribution in [3.05, 3.63) is 55.7 Å². The summed E-state index contributed by atoms with van der Waals surface area (Å²) >= 11 is 7.28.